The van der Waals surface area contributed by atoms with Crippen molar-refractivity contribution in [2.45, 2.75) is 57.9 Å². The van der Waals surface area contributed by atoms with Crippen LogP contribution in [0.25, 0.3) is 0 Å². The van der Waals surface area contributed by atoms with Gasteiger partial charge in [-0.2, -0.15) is 0 Å². The van der Waals surface area contributed by atoms with Crippen LogP contribution < -0.4 is 10.2 Å². The third-order valence-electron chi connectivity index (χ3n) is 4.07. The molecule has 0 amide bonds. The van der Waals surface area contributed by atoms with Crippen molar-refractivity contribution >= 4 is 5.69 Å². The van der Waals surface area contributed by atoms with Gasteiger partial charge in [0.1, 0.15) is 0 Å². The molecule has 110 valence electrons. The highest BCUT2D eigenvalue weighted by Crippen LogP contribution is 2.31. The van der Waals surface area contributed by atoms with E-state index in [9.17, 15) is 0 Å². The molecule has 1 aromatic heterocycles. The van der Waals surface area contributed by atoms with E-state index in [0.717, 1.165) is 19.6 Å². The lowest BCUT2D eigenvalue weighted by Gasteiger charge is -2.35. The molecule has 0 aliphatic carbocycles. The van der Waals surface area contributed by atoms with Crippen LogP contribution in [0, 0.1) is 0 Å². The molecule has 20 heavy (non-hydrogen) atoms. The number of nitrogens with one attached hydrogen (secondary N) is 1. The molecule has 1 N–H and O–H groups in total. The fourth-order valence-corrected chi connectivity index (χ4v) is 3.04. The summed E-state index contributed by atoms with van der Waals surface area (Å²) in [4.78, 5) is 6.78. The van der Waals surface area contributed by atoms with E-state index in [1.165, 1.54) is 24.1 Å². The largest absolute Gasteiger partial charge is 0.371 e. The van der Waals surface area contributed by atoms with Crippen LogP contribution in [0.1, 0.15) is 39.2 Å². The fraction of sp³-hybridized carbons (Fsp3) is 0.688. The molecule has 0 aromatic carbocycles. The summed E-state index contributed by atoms with van der Waals surface area (Å²) in [5.74, 6) is 0. The van der Waals surface area contributed by atoms with Gasteiger partial charge in [0.05, 0.1) is 12.2 Å². The predicted octanol–water partition coefficient (Wildman–Crippen LogP) is 2.34. The first-order chi connectivity index (χ1) is 9.51. The van der Waals surface area contributed by atoms with Gasteiger partial charge >= 0.3 is 0 Å². The number of anilines is 1. The minimum absolute atomic E-state index is 0.122. The van der Waals surface area contributed by atoms with Gasteiger partial charge in [-0.15, -0.1) is 0 Å². The van der Waals surface area contributed by atoms with Gasteiger partial charge in [-0.3, -0.25) is 4.98 Å². The van der Waals surface area contributed by atoms with E-state index in [4.69, 9.17) is 4.74 Å². The van der Waals surface area contributed by atoms with Gasteiger partial charge in [-0.25, -0.2) is 0 Å². The summed E-state index contributed by atoms with van der Waals surface area (Å²) in [7, 11) is 0. The monoisotopic (exact) mass is 275 g/mol. The summed E-state index contributed by atoms with van der Waals surface area (Å²) in [6, 6.07) is 2.14. The van der Waals surface area contributed by atoms with Crippen LogP contribution in [-0.4, -0.2) is 35.8 Å². The second-order valence-corrected chi connectivity index (χ2v) is 6.97. The normalized spacial score (nSPS) is 26.1. The molecule has 2 atom stereocenters. The van der Waals surface area contributed by atoms with E-state index in [-0.39, 0.29) is 5.54 Å². The van der Waals surface area contributed by atoms with Crippen molar-refractivity contribution in [3.63, 3.8) is 0 Å². The summed E-state index contributed by atoms with van der Waals surface area (Å²) in [6.45, 7) is 9.47. The van der Waals surface area contributed by atoms with Gasteiger partial charge in [0, 0.05) is 48.8 Å². The van der Waals surface area contributed by atoms with Crippen LogP contribution in [0.15, 0.2) is 18.5 Å². The molecule has 0 radical (unpaired) electrons. The first-order valence-corrected chi connectivity index (χ1v) is 7.59. The Labute approximate surface area is 121 Å². The molecule has 2 saturated heterocycles. The molecule has 2 aliphatic heterocycles. The Bertz CT molecular complexity index is 457. The minimum Gasteiger partial charge on any atom is -0.371 e. The van der Waals surface area contributed by atoms with Crippen molar-refractivity contribution in [3.8, 4) is 0 Å². The summed E-state index contributed by atoms with van der Waals surface area (Å²) < 4.78 is 5.93. The van der Waals surface area contributed by atoms with Crippen LogP contribution in [0.5, 0.6) is 0 Å². The van der Waals surface area contributed by atoms with Crippen LogP contribution in [0.2, 0.25) is 0 Å². The van der Waals surface area contributed by atoms with Gasteiger partial charge in [-0.1, -0.05) is 0 Å². The second-order valence-electron chi connectivity index (χ2n) is 6.97. The van der Waals surface area contributed by atoms with Crippen LogP contribution >= 0.6 is 0 Å². The highest BCUT2D eigenvalue weighted by atomic mass is 16.5. The molecule has 0 saturated carbocycles. The zero-order valence-corrected chi connectivity index (χ0v) is 12.7. The Balaban J connectivity index is 1.75. The first-order valence-electron chi connectivity index (χ1n) is 7.59. The maximum absolute atomic E-state index is 5.93. The maximum Gasteiger partial charge on any atom is 0.0755 e. The number of pyridine rings is 1. The average molecular weight is 275 g/mol. The summed E-state index contributed by atoms with van der Waals surface area (Å²) in [6.07, 6.45) is 7.15. The van der Waals surface area contributed by atoms with Gasteiger partial charge in [0.25, 0.3) is 0 Å². The van der Waals surface area contributed by atoms with Gasteiger partial charge in [0.15, 0.2) is 0 Å². The Morgan fingerprint density at radius 3 is 2.65 bits per heavy atom. The van der Waals surface area contributed by atoms with Crippen molar-refractivity contribution in [2.24, 2.45) is 0 Å². The van der Waals surface area contributed by atoms with Crippen LogP contribution in [0.4, 0.5) is 5.69 Å². The van der Waals surface area contributed by atoms with E-state index < -0.39 is 0 Å². The Kier molecular flexibility index (Phi) is 3.69. The van der Waals surface area contributed by atoms with Gasteiger partial charge in [-0.05, 0) is 39.7 Å². The van der Waals surface area contributed by atoms with Crippen molar-refractivity contribution < 1.29 is 4.74 Å². The zero-order chi connectivity index (χ0) is 14.2. The number of aromatic nitrogens is 1. The Morgan fingerprint density at radius 1 is 1.30 bits per heavy atom. The molecule has 3 rings (SSSR count). The molecule has 2 aliphatic rings. The number of morpholine rings is 1. The number of rotatable bonds is 3. The predicted molar refractivity (Wildman–Crippen MR) is 80.9 cm³/mol. The molecular weight excluding hydrogens is 250 g/mol. The number of ether oxygens (including phenoxy) is 1. The first kappa shape index (κ1) is 13.8. The van der Waals surface area contributed by atoms with E-state index >= 15 is 0 Å². The SMILES string of the molecule is CC(C)(C)NCc1cnccc1N1CC2CCC(C1)O2. The average Bonchev–Trinajstić information content (AvgIpc) is 2.75. The fourth-order valence-electron chi connectivity index (χ4n) is 3.04. The van der Waals surface area contributed by atoms with Crippen molar-refractivity contribution in [3.05, 3.63) is 24.0 Å². The summed E-state index contributed by atoms with van der Waals surface area (Å²) in [5, 5.41) is 3.56. The third-order valence-corrected chi connectivity index (χ3v) is 4.07. The zero-order valence-electron chi connectivity index (χ0n) is 12.7. The Morgan fingerprint density at radius 2 is 2.00 bits per heavy atom. The maximum atomic E-state index is 5.93. The molecule has 2 bridgehead atoms. The topological polar surface area (TPSA) is 37.4 Å². The van der Waals surface area contributed by atoms with Gasteiger partial charge < -0.3 is 15.0 Å². The Hall–Kier alpha value is -1.13. The van der Waals surface area contributed by atoms with Crippen molar-refractivity contribution in [2.75, 3.05) is 18.0 Å². The highest BCUT2D eigenvalue weighted by Gasteiger charge is 2.34. The lowest BCUT2D eigenvalue weighted by atomic mass is 10.1. The minimum atomic E-state index is 0.122. The number of hydrogen-bond donors (Lipinski definition) is 1. The van der Waals surface area contributed by atoms with Gasteiger partial charge in [0.2, 0.25) is 0 Å². The van der Waals surface area contributed by atoms with Crippen LogP contribution in [-0.2, 0) is 11.3 Å². The van der Waals surface area contributed by atoms with Crippen molar-refractivity contribution in [1.82, 2.24) is 10.3 Å². The molecule has 2 fully saturated rings. The van der Waals surface area contributed by atoms with E-state index in [1.807, 2.05) is 12.4 Å². The van der Waals surface area contributed by atoms with E-state index in [1.54, 1.807) is 0 Å². The molecule has 0 spiro atoms. The number of fused-ring (bicyclic) bond motifs is 2. The van der Waals surface area contributed by atoms with Crippen LogP contribution in [0.3, 0.4) is 0 Å². The highest BCUT2D eigenvalue weighted by molar-refractivity contribution is 5.53. The third kappa shape index (κ3) is 3.13. The molecule has 4 nitrogen and oxygen atoms in total. The summed E-state index contributed by atoms with van der Waals surface area (Å²) >= 11 is 0. The quantitative estimate of drug-likeness (QED) is 0.919. The molecular formula is C16H25N3O. The lowest BCUT2D eigenvalue weighted by Crippen LogP contribution is -2.43. The van der Waals surface area contributed by atoms with E-state index in [2.05, 4.69) is 42.0 Å². The number of nitrogens with zero attached hydrogens (tertiary/aromatic N) is 2. The smallest absolute Gasteiger partial charge is 0.0755 e. The standard InChI is InChI=1S/C16H25N3O/c1-16(2,3)18-9-12-8-17-7-6-15(12)19-10-13-4-5-14(11-19)20-13/h6-8,13-14,18H,4-5,9-11H2,1-3H3. The molecule has 1 aromatic rings. The molecule has 3 heterocycles. The van der Waals surface area contributed by atoms with E-state index in [0.29, 0.717) is 12.2 Å². The lowest BCUT2D eigenvalue weighted by molar-refractivity contribution is 0.0304. The molecule has 4 heteroatoms. The molecule has 2 unspecified atom stereocenters. The second kappa shape index (κ2) is 5.34. The van der Waals surface area contributed by atoms with Crippen molar-refractivity contribution in [1.29, 1.82) is 0 Å². The number of hydrogen-bond acceptors (Lipinski definition) is 4. The summed E-state index contributed by atoms with van der Waals surface area (Å²) in [5.41, 5.74) is 2.72.